The first kappa shape index (κ1) is 15.8. The molecular weight excluding hydrogens is 324 g/mol. The van der Waals surface area contributed by atoms with Crippen LogP contribution in [-0.4, -0.2) is 55.3 Å². The molecule has 10 heteroatoms. The van der Waals surface area contributed by atoms with Crippen molar-refractivity contribution in [3.8, 4) is 0 Å². The highest BCUT2D eigenvalue weighted by Crippen LogP contribution is 2.34. The number of benzene rings is 1. The molecule has 1 aromatic rings. The lowest BCUT2D eigenvalue weighted by Crippen LogP contribution is -2.70. The van der Waals surface area contributed by atoms with Gasteiger partial charge in [0, 0.05) is 38.7 Å². The van der Waals surface area contributed by atoms with Gasteiger partial charge in [0.25, 0.3) is 15.7 Å². The number of para-hydroxylation sites is 1. The van der Waals surface area contributed by atoms with Crippen LogP contribution < -0.4 is 10.6 Å². The third-order valence-corrected chi connectivity index (χ3v) is 6.25. The van der Waals surface area contributed by atoms with Crippen molar-refractivity contribution < 1.29 is 18.1 Å². The molecule has 0 unspecified atom stereocenters. The summed E-state index contributed by atoms with van der Waals surface area (Å²) in [7, 11) is -4.09. The first-order valence-electron chi connectivity index (χ1n) is 7.10. The van der Waals surface area contributed by atoms with Gasteiger partial charge >= 0.3 is 0 Å². The Hall–Kier alpha value is -2.04. The molecule has 23 heavy (non-hydrogen) atoms. The molecule has 1 aromatic carbocycles. The number of carbonyl (C=O) groups is 1. The van der Waals surface area contributed by atoms with Crippen molar-refractivity contribution in [1.29, 1.82) is 0 Å². The lowest BCUT2D eigenvalue weighted by Gasteiger charge is -2.47. The first-order valence-corrected chi connectivity index (χ1v) is 8.55. The van der Waals surface area contributed by atoms with E-state index in [-0.39, 0.29) is 30.3 Å². The van der Waals surface area contributed by atoms with Gasteiger partial charge < -0.3 is 10.6 Å². The Balaban J connectivity index is 2.08. The number of nitro benzene ring substituents is 1. The van der Waals surface area contributed by atoms with Crippen LogP contribution in [0.5, 0.6) is 0 Å². The summed E-state index contributed by atoms with van der Waals surface area (Å²) in [6.07, 6.45) is 0.0415. The fourth-order valence-electron chi connectivity index (χ4n) is 3.02. The molecule has 0 bridgehead atoms. The molecule has 3 rings (SSSR count). The summed E-state index contributed by atoms with van der Waals surface area (Å²) in [5.41, 5.74) is -1.32. The predicted octanol–water partition coefficient (Wildman–Crippen LogP) is -0.553. The van der Waals surface area contributed by atoms with Gasteiger partial charge in [0.15, 0.2) is 4.90 Å². The van der Waals surface area contributed by atoms with Crippen LogP contribution in [-0.2, 0) is 14.8 Å². The Kier molecular flexibility index (Phi) is 3.82. The third-order valence-electron chi connectivity index (χ3n) is 4.19. The Morgan fingerprint density at radius 1 is 1.26 bits per heavy atom. The van der Waals surface area contributed by atoms with E-state index in [0.717, 1.165) is 0 Å². The Labute approximate surface area is 132 Å². The molecule has 2 N–H and O–H groups in total. The third kappa shape index (κ3) is 2.58. The molecule has 0 saturated carbocycles. The molecule has 0 atom stereocenters. The van der Waals surface area contributed by atoms with E-state index < -0.39 is 26.2 Å². The van der Waals surface area contributed by atoms with E-state index in [9.17, 15) is 23.3 Å². The number of hydrogen-bond donors (Lipinski definition) is 2. The predicted molar refractivity (Wildman–Crippen MR) is 80.2 cm³/mol. The normalized spacial score (nSPS) is 21.3. The number of nitrogens with zero attached hydrogens (tertiary/aromatic N) is 2. The lowest BCUT2D eigenvalue weighted by atomic mass is 9.88. The molecular formula is C13H16N4O5S. The minimum absolute atomic E-state index is 0.0415. The molecule has 0 radical (unpaired) electrons. The van der Waals surface area contributed by atoms with Crippen molar-refractivity contribution >= 4 is 21.6 Å². The van der Waals surface area contributed by atoms with Crippen molar-refractivity contribution in [2.24, 2.45) is 0 Å². The highest BCUT2D eigenvalue weighted by Gasteiger charge is 2.51. The summed E-state index contributed by atoms with van der Waals surface area (Å²) >= 11 is 0. The summed E-state index contributed by atoms with van der Waals surface area (Å²) in [5, 5.41) is 16.8. The fraction of sp³-hybridized carbons (Fsp3) is 0.462. The second kappa shape index (κ2) is 5.55. The van der Waals surface area contributed by atoms with E-state index in [4.69, 9.17) is 0 Å². The SMILES string of the molecule is O=C1CC2(CNC2)N(S(=O)(=O)c2ccccc2[N+](=O)[O-])CCN1. The van der Waals surface area contributed by atoms with Crippen LogP contribution in [0, 0.1) is 10.1 Å². The fourth-order valence-corrected chi connectivity index (χ4v) is 4.95. The maximum absolute atomic E-state index is 13.0. The molecule has 124 valence electrons. The minimum atomic E-state index is -4.09. The number of sulfonamides is 1. The van der Waals surface area contributed by atoms with Crippen LogP contribution >= 0.6 is 0 Å². The topological polar surface area (TPSA) is 122 Å². The number of hydrogen-bond acceptors (Lipinski definition) is 6. The molecule has 0 aliphatic carbocycles. The van der Waals surface area contributed by atoms with E-state index in [2.05, 4.69) is 10.6 Å². The average Bonchev–Trinajstić information content (AvgIpc) is 2.66. The van der Waals surface area contributed by atoms with Gasteiger partial charge in [0.2, 0.25) is 5.91 Å². The Morgan fingerprint density at radius 2 is 1.96 bits per heavy atom. The van der Waals surface area contributed by atoms with Crippen molar-refractivity contribution in [1.82, 2.24) is 14.9 Å². The van der Waals surface area contributed by atoms with E-state index in [1.807, 2.05) is 0 Å². The standard InChI is InChI=1S/C13H16N4O5S/c18-12-7-13(8-14-9-13)16(6-5-15-12)23(21,22)11-4-2-1-3-10(11)17(19)20/h1-4,14H,5-9H2,(H,15,18). The second-order valence-corrected chi connectivity index (χ2v) is 7.49. The van der Waals surface area contributed by atoms with Gasteiger partial charge in [-0.25, -0.2) is 8.42 Å². The van der Waals surface area contributed by atoms with Gasteiger partial charge in [-0.15, -0.1) is 0 Å². The molecule has 1 spiro atoms. The van der Waals surface area contributed by atoms with Gasteiger partial charge in [-0.05, 0) is 6.07 Å². The molecule has 2 heterocycles. The lowest BCUT2D eigenvalue weighted by molar-refractivity contribution is -0.387. The summed E-state index contributed by atoms with van der Waals surface area (Å²) in [4.78, 5) is 21.9. The second-order valence-electron chi connectivity index (χ2n) is 5.66. The number of rotatable bonds is 3. The van der Waals surface area contributed by atoms with Gasteiger partial charge in [0.1, 0.15) is 0 Å². The van der Waals surface area contributed by atoms with Crippen LogP contribution in [0.3, 0.4) is 0 Å². The Morgan fingerprint density at radius 3 is 2.57 bits per heavy atom. The first-order chi connectivity index (χ1) is 10.9. The highest BCUT2D eigenvalue weighted by atomic mass is 32.2. The van der Waals surface area contributed by atoms with Gasteiger partial charge in [-0.3, -0.25) is 14.9 Å². The van der Waals surface area contributed by atoms with E-state index in [1.165, 1.54) is 28.6 Å². The highest BCUT2D eigenvalue weighted by molar-refractivity contribution is 7.89. The zero-order valence-corrected chi connectivity index (χ0v) is 13.0. The van der Waals surface area contributed by atoms with Crippen molar-refractivity contribution in [2.75, 3.05) is 26.2 Å². The van der Waals surface area contributed by atoms with Crippen molar-refractivity contribution in [3.63, 3.8) is 0 Å². The monoisotopic (exact) mass is 340 g/mol. The van der Waals surface area contributed by atoms with Crippen LogP contribution in [0.2, 0.25) is 0 Å². The quantitative estimate of drug-likeness (QED) is 0.562. The maximum Gasteiger partial charge on any atom is 0.289 e. The van der Waals surface area contributed by atoms with Gasteiger partial charge in [-0.1, -0.05) is 12.1 Å². The van der Waals surface area contributed by atoms with Crippen molar-refractivity contribution in [3.05, 3.63) is 34.4 Å². The van der Waals surface area contributed by atoms with Gasteiger partial charge in [-0.2, -0.15) is 4.31 Å². The summed E-state index contributed by atoms with van der Waals surface area (Å²) in [5.74, 6) is -0.216. The largest absolute Gasteiger partial charge is 0.355 e. The molecule has 2 aliphatic heterocycles. The molecule has 2 aliphatic rings. The smallest absolute Gasteiger partial charge is 0.289 e. The van der Waals surface area contributed by atoms with Crippen LogP contribution in [0.4, 0.5) is 5.69 Å². The van der Waals surface area contributed by atoms with E-state index in [1.54, 1.807) is 0 Å². The molecule has 9 nitrogen and oxygen atoms in total. The molecule has 1 amide bonds. The van der Waals surface area contributed by atoms with Crippen LogP contribution in [0.1, 0.15) is 6.42 Å². The summed E-state index contributed by atoms with van der Waals surface area (Å²) in [6, 6.07) is 5.27. The number of nitro groups is 1. The maximum atomic E-state index is 13.0. The van der Waals surface area contributed by atoms with Gasteiger partial charge in [0.05, 0.1) is 10.5 Å². The number of nitrogens with one attached hydrogen (secondary N) is 2. The van der Waals surface area contributed by atoms with Crippen LogP contribution in [0.15, 0.2) is 29.2 Å². The number of carbonyl (C=O) groups excluding carboxylic acids is 1. The molecule has 2 fully saturated rings. The van der Waals surface area contributed by atoms with E-state index in [0.29, 0.717) is 13.1 Å². The van der Waals surface area contributed by atoms with Crippen molar-refractivity contribution in [2.45, 2.75) is 16.9 Å². The summed E-state index contributed by atoms with van der Waals surface area (Å²) < 4.78 is 27.3. The molecule has 2 saturated heterocycles. The van der Waals surface area contributed by atoms with E-state index >= 15 is 0 Å². The summed E-state index contributed by atoms with van der Waals surface area (Å²) in [6.45, 7) is 0.961. The zero-order valence-electron chi connectivity index (χ0n) is 12.2. The average molecular weight is 340 g/mol. The van der Waals surface area contributed by atoms with Crippen LogP contribution in [0.25, 0.3) is 0 Å². The molecule has 0 aromatic heterocycles. The Bertz CT molecular complexity index is 759. The number of amides is 1. The minimum Gasteiger partial charge on any atom is -0.355 e. The zero-order chi connectivity index (χ0) is 16.7.